The second-order valence-corrected chi connectivity index (χ2v) is 4.55. The summed E-state index contributed by atoms with van der Waals surface area (Å²) in [5, 5.41) is 9.68. The largest absolute Gasteiger partial charge is 0.329 e. The highest BCUT2D eigenvalue weighted by atomic mass is 32.1. The van der Waals surface area contributed by atoms with Gasteiger partial charge in [0.25, 0.3) is 5.56 Å². The maximum Gasteiger partial charge on any atom is 0.260 e. The van der Waals surface area contributed by atoms with Gasteiger partial charge in [-0.25, -0.2) is 4.98 Å². The number of nitriles is 1. The van der Waals surface area contributed by atoms with E-state index >= 15 is 0 Å². The van der Waals surface area contributed by atoms with Gasteiger partial charge in [-0.2, -0.15) is 5.26 Å². The van der Waals surface area contributed by atoms with Crippen LogP contribution in [0, 0.1) is 16.0 Å². The molecule has 0 atom stereocenters. The summed E-state index contributed by atoms with van der Waals surface area (Å²) in [6, 6.07) is 11.3. The molecule has 2 heterocycles. The first-order valence-corrected chi connectivity index (χ1v) is 6.22. The van der Waals surface area contributed by atoms with E-state index < -0.39 is 0 Å². The van der Waals surface area contributed by atoms with Gasteiger partial charge in [-0.05, 0) is 5.56 Å². The van der Waals surface area contributed by atoms with Gasteiger partial charge in [0, 0.05) is 5.56 Å². The lowest BCUT2D eigenvalue weighted by molar-refractivity contribution is 1.13. The normalized spacial score (nSPS) is 10.3. The van der Waals surface area contributed by atoms with Crippen molar-refractivity contribution in [3.63, 3.8) is 0 Å². The standard InChI is InChI=1S/C14H8N4OS/c15-6-9-10(8-4-2-1-3-5-8)11-12(18-14(9)20)16-7-17-13(11)19/h1-5,7H,(H2,16,17,18,19,20). The van der Waals surface area contributed by atoms with Crippen molar-refractivity contribution in [3.8, 4) is 17.2 Å². The monoisotopic (exact) mass is 280 g/mol. The molecule has 0 saturated carbocycles. The summed E-state index contributed by atoms with van der Waals surface area (Å²) in [5.74, 6) is 0. The molecule has 0 aliphatic rings. The van der Waals surface area contributed by atoms with E-state index in [4.69, 9.17) is 12.2 Å². The van der Waals surface area contributed by atoms with Crippen molar-refractivity contribution < 1.29 is 0 Å². The van der Waals surface area contributed by atoms with Crippen molar-refractivity contribution in [2.24, 2.45) is 0 Å². The van der Waals surface area contributed by atoms with E-state index in [1.54, 1.807) is 0 Å². The Balaban J connectivity index is 2.61. The first kappa shape index (κ1) is 12.3. The van der Waals surface area contributed by atoms with Crippen molar-refractivity contribution in [2.75, 3.05) is 0 Å². The van der Waals surface area contributed by atoms with Gasteiger partial charge in [0.1, 0.15) is 16.4 Å². The number of aromatic amines is 2. The van der Waals surface area contributed by atoms with Gasteiger partial charge in [-0.1, -0.05) is 42.5 Å². The number of benzene rings is 1. The molecular formula is C14H8N4OS. The quantitative estimate of drug-likeness (QED) is 0.671. The molecule has 3 aromatic rings. The Morgan fingerprint density at radius 2 is 2.00 bits per heavy atom. The number of nitrogens with zero attached hydrogens (tertiary/aromatic N) is 2. The van der Waals surface area contributed by atoms with Gasteiger partial charge in [-0.15, -0.1) is 0 Å². The van der Waals surface area contributed by atoms with Crippen molar-refractivity contribution in [2.45, 2.75) is 0 Å². The molecule has 96 valence electrons. The third-order valence-electron chi connectivity index (χ3n) is 2.99. The van der Waals surface area contributed by atoms with E-state index in [1.807, 2.05) is 30.3 Å². The zero-order chi connectivity index (χ0) is 14.1. The second-order valence-electron chi connectivity index (χ2n) is 4.14. The molecule has 0 saturated heterocycles. The SMILES string of the molecule is N#Cc1c(-c2ccccc2)c2c(=O)[nH]cnc2[nH]c1=S. The summed E-state index contributed by atoms with van der Waals surface area (Å²) in [5.41, 5.74) is 1.61. The van der Waals surface area contributed by atoms with Gasteiger partial charge in [0.05, 0.1) is 17.3 Å². The van der Waals surface area contributed by atoms with Crippen LogP contribution in [0.15, 0.2) is 41.5 Å². The summed E-state index contributed by atoms with van der Waals surface area (Å²) in [6.07, 6.45) is 1.30. The predicted octanol–water partition coefficient (Wildman–Crippen LogP) is 2.52. The lowest BCUT2D eigenvalue weighted by atomic mass is 9.99. The van der Waals surface area contributed by atoms with E-state index in [1.165, 1.54) is 6.33 Å². The summed E-state index contributed by atoms with van der Waals surface area (Å²) in [7, 11) is 0. The Bertz CT molecular complexity index is 951. The number of fused-ring (bicyclic) bond motifs is 1. The fourth-order valence-electron chi connectivity index (χ4n) is 2.14. The summed E-state index contributed by atoms with van der Waals surface area (Å²) >= 11 is 5.18. The molecule has 2 aromatic heterocycles. The molecule has 0 bridgehead atoms. The van der Waals surface area contributed by atoms with Gasteiger partial charge in [0.2, 0.25) is 0 Å². The molecule has 5 nitrogen and oxygen atoms in total. The lowest BCUT2D eigenvalue weighted by Gasteiger charge is -2.08. The Hall–Kier alpha value is -2.78. The molecular weight excluding hydrogens is 272 g/mol. The average Bonchev–Trinajstić information content (AvgIpc) is 2.47. The van der Waals surface area contributed by atoms with Gasteiger partial charge >= 0.3 is 0 Å². The Labute approximate surface area is 118 Å². The predicted molar refractivity (Wildman–Crippen MR) is 77.7 cm³/mol. The maximum atomic E-state index is 12.1. The van der Waals surface area contributed by atoms with Gasteiger partial charge in [0.15, 0.2) is 0 Å². The van der Waals surface area contributed by atoms with E-state index in [0.29, 0.717) is 16.6 Å². The number of rotatable bonds is 1. The highest BCUT2D eigenvalue weighted by Crippen LogP contribution is 2.28. The first-order valence-electron chi connectivity index (χ1n) is 5.81. The van der Waals surface area contributed by atoms with Crippen LogP contribution in [0.5, 0.6) is 0 Å². The van der Waals surface area contributed by atoms with Crippen LogP contribution in [0.4, 0.5) is 0 Å². The van der Waals surface area contributed by atoms with Crippen LogP contribution in [0.2, 0.25) is 0 Å². The van der Waals surface area contributed by atoms with Crippen LogP contribution in [0.1, 0.15) is 5.56 Å². The fourth-order valence-corrected chi connectivity index (χ4v) is 2.38. The lowest BCUT2D eigenvalue weighted by Crippen LogP contribution is -2.10. The maximum absolute atomic E-state index is 12.1. The van der Waals surface area contributed by atoms with Crippen molar-refractivity contribution in [1.82, 2.24) is 15.0 Å². The van der Waals surface area contributed by atoms with E-state index in [-0.39, 0.29) is 15.8 Å². The van der Waals surface area contributed by atoms with Crippen LogP contribution >= 0.6 is 12.2 Å². The van der Waals surface area contributed by atoms with Crippen LogP contribution in [0.3, 0.4) is 0 Å². The molecule has 3 rings (SSSR count). The van der Waals surface area contributed by atoms with Crippen molar-refractivity contribution in [1.29, 1.82) is 5.26 Å². The molecule has 0 aliphatic heterocycles. The number of pyridine rings is 1. The number of hydrogen-bond acceptors (Lipinski definition) is 4. The van der Waals surface area contributed by atoms with Crippen LogP contribution in [-0.2, 0) is 0 Å². The molecule has 0 spiro atoms. The highest BCUT2D eigenvalue weighted by molar-refractivity contribution is 7.71. The number of aromatic nitrogens is 3. The molecule has 6 heteroatoms. The van der Waals surface area contributed by atoms with E-state index in [2.05, 4.69) is 21.0 Å². The summed E-state index contributed by atoms with van der Waals surface area (Å²) in [6.45, 7) is 0. The molecule has 0 unspecified atom stereocenters. The Kier molecular flexibility index (Phi) is 2.89. The molecule has 0 radical (unpaired) electrons. The second kappa shape index (κ2) is 4.72. The molecule has 2 N–H and O–H groups in total. The minimum atomic E-state index is -0.309. The smallest absolute Gasteiger partial charge is 0.260 e. The molecule has 0 amide bonds. The molecule has 1 aromatic carbocycles. The third kappa shape index (κ3) is 1.81. The van der Waals surface area contributed by atoms with Crippen LogP contribution < -0.4 is 5.56 Å². The summed E-state index contributed by atoms with van der Waals surface area (Å²) in [4.78, 5) is 21.5. The molecule has 0 fully saturated rings. The minimum absolute atomic E-state index is 0.275. The Morgan fingerprint density at radius 1 is 1.25 bits per heavy atom. The third-order valence-corrected chi connectivity index (χ3v) is 3.29. The number of hydrogen-bond donors (Lipinski definition) is 2. The van der Waals surface area contributed by atoms with E-state index in [0.717, 1.165) is 5.56 Å². The zero-order valence-corrected chi connectivity index (χ0v) is 11.0. The van der Waals surface area contributed by atoms with Crippen LogP contribution in [-0.4, -0.2) is 15.0 Å². The first-order chi connectivity index (χ1) is 9.72. The van der Waals surface area contributed by atoms with Gasteiger partial charge < -0.3 is 9.97 Å². The Morgan fingerprint density at radius 3 is 2.70 bits per heavy atom. The average molecular weight is 280 g/mol. The molecule has 0 aliphatic carbocycles. The summed E-state index contributed by atoms with van der Waals surface area (Å²) < 4.78 is 0.275. The fraction of sp³-hybridized carbons (Fsp3) is 0. The number of nitrogens with one attached hydrogen (secondary N) is 2. The number of H-pyrrole nitrogens is 2. The topological polar surface area (TPSA) is 85.3 Å². The zero-order valence-electron chi connectivity index (χ0n) is 10.2. The van der Waals surface area contributed by atoms with Crippen molar-refractivity contribution >= 4 is 23.3 Å². The molecule has 20 heavy (non-hydrogen) atoms. The van der Waals surface area contributed by atoms with E-state index in [9.17, 15) is 10.1 Å². The highest BCUT2D eigenvalue weighted by Gasteiger charge is 2.15. The minimum Gasteiger partial charge on any atom is -0.329 e. The van der Waals surface area contributed by atoms with Crippen LogP contribution in [0.25, 0.3) is 22.2 Å². The van der Waals surface area contributed by atoms with Crippen molar-refractivity contribution in [3.05, 3.63) is 57.2 Å². The van der Waals surface area contributed by atoms with Gasteiger partial charge in [-0.3, -0.25) is 4.79 Å².